The molecule has 5 aromatic rings. The highest BCUT2D eigenvalue weighted by Crippen LogP contribution is 2.31. The number of rotatable bonds is 4. The third kappa shape index (κ3) is 3.50. The molecule has 2 fully saturated rings. The van der Waals surface area contributed by atoms with Crippen molar-refractivity contribution < 1.29 is 0 Å². The SMILES string of the molecule is c1cc2cc3cc(-c4cnc([C@@H]5CCCN5)[nH]4)ccc3cc2cc1-c1cnc([C@@H]2CCCN2)[nH]1. The molecule has 6 heteroatoms. The molecule has 0 amide bonds. The first kappa shape index (κ1) is 19.9. The summed E-state index contributed by atoms with van der Waals surface area (Å²) < 4.78 is 0. The van der Waals surface area contributed by atoms with E-state index in [9.17, 15) is 0 Å². The molecule has 34 heavy (non-hydrogen) atoms. The number of aromatic nitrogens is 4. The Hall–Kier alpha value is -3.48. The number of nitrogens with zero attached hydrogens (tertiary/aromatic N) is 2. The van der Waals surface area contributed by atoms with Gasteiger partial charge < -0.3 is 20.6 Å². The topological polar surface area (TPSA) is 81.4 Å². The Morgan fingerprint density at radius 2 is 1.09 bits per heavy atom. The molecule has 0 spiro atoms. The van der Waals surface area contributed by atoms with Crippen LogP contribution >= 0.6 is 0 Å². The van der Waals surface area contributed by atoms with E-state index >= 15 is 0 Å². The predicted molar refractivity (Wildman–Crippen MR) is 137 cm³/mol. The van der Waals surface area contributed by atoms with Crippen molar-refractivity contribution in [1.82, 2.24) is 30.6 Å². The lowest BCUT2D eigenvalue weighted by Gasteiger charge is -2.08. The summed E-state index contributed by atoms with van der Waals surface area (Å²) in [5, 5.41) is 12.0. The maximum atomic E-state index is 4.64. The van der Waals surface area contributed by atoms with Gasteiger partial charge in [-0.2, -0.15) is 0 Å². The Balaban J connectivity index is 1.21. The molecule has 4 heterocycles. The van der Waals surface area contributed by atoms with Crippen molar-refractivity contribution in [2.75, 3.05) is 13.1 Å². The minimum Gasteiger partial charge on any atom is -0.341 e. The van der Waals surface area contributed by atoms with Gasteiger partial charge in [0.1, 0.15) is 11.6 Å². The first-order valence-electron chi connectivity index (χ1n) is 12.4. The minimum absolute atomic E-state index is 0.354. The van der Waals surface area contributed by atoms with Gasteiger partial charge in [-0.15, -0.1) is 0 Å². The summed E-state index contributed by atoms with van der Waals surface area (Å²) in [6.07, 6.45) is 8.65. The van der Waals surface area contributed by atoms with E-state index < -0.39 is 0 Å². The fraction of sp³-hybridized carbons (Fsp3) is 0.286. The highest BCUT2D eigenvalue weighted by molar-refractivity contribution is 6.00. The Bertz CT molecular complexity index is 1370. The first-order chi connectivity index (χ1) is 16.8. The van der Waals surface area contributed by atoms with Gasteiger partial charge in [-0.25, -0.2) is 9.97 Å². The molecule has 3 aromatic carbocycles. The summed E-state index contributed by atoms with van der Waals surface area (Å²) in [5.74, 6) is 2.09. The van der Waals surface area contributed by atoms with Crippen LogP contribution in [-0.4, -0.2) is 33.0 Å². The van der Waals surface area contributed by atoms with Crippen LogP contribution in [0.2, 0.25) is 0 Å². The fourth-order valence-corrected chi connectivity index (χ4v) is 5.49. The van der Waals surface area contributed by atoms with Crippen LogP contribution in [0.1, 0.15) is 49.4 Å². The zero-order valence-corrected chi connectivity index (χ0v) is 19.1. The summed E-state index contributed by atoms with van der Waals surface area (Å²) in [4.78, 5) is 16.3. The Morgan fingerprint density at radius 1 is 0.588 bits per heavy atom. The predicted octanol–water partition coefficient (Wildman–Crippen LogP) is 5.62. The second kappa shape index (κ2) is 8.08. The third-order valence-electron chi connectivity index (χ3n) is 7.39. The average molecular weight is 449 g/mol. The van der Waals surface area contributed by atoms with Crippen LogP contribution in [0.15, 0.2) is 60.9 Å². The van der Waals surface area contributed by atoms with Crippen LogP contribution in [-0.2, 0) is 0 Å². The molecule has 2 aliphatic heterocycles. The highest BCUT2D eigenvalue weighted by atomic mass is 15.0. The van der Waals surface area contributed by atoms with E-state index in [1.54, 1.807) is 0 Å². The standard InChI is InChI=1S/C28H28N6/c1-3-23(29-9-1)27-31-15-25(33-27)19-7-5-17-12-22-14-20(8-6-18(22)11-21(17)13-19)26-16-32-28(34-26)24-4-2-10-30-24/h5-8,11-16,23-24,29-30H,1-4,9-10H2,(H,31,33)(H,32,34)/t23-,24-/m0/s1. The maximum absolute atomic E-state index is 4.64. The first-order valence-corrected chi connectivity index (χ1v) is 12.4. The smallest absolute Gasteiger partial charge is 0.123 e. The van der Waals surface area contributed by atoms with Crippen molar-refractivity contribution in [1.29, 1.82) is 0 Å². The number of benzene rings is 3. The number of imidazole rings is 2. The lowest BCUT2D eigenvalue weighted by atomic mass is 9.99. The van der Waals surface area contributed by atoms with E-state index in [0.29, 0.717) is 12.1 Å². The molecule has 7 rings (SSSR count). The van der Waals surface area contributed by atoms with Crippen LogP contribution < -0.4 is 10.6 Å². The van der Waals surface area contributed by atoms with E-state index in [1.807, 2.05) is 12.4 Å². The molecule has 170 valence electrons. The van der Waals surface area contributed by atoms with Crippen LogP contribution in [0, 0.1) is 0 Å². The van der Waals surface area contributed by atoms with Crippen LogP contribution in [0.5, 0.6) is 0 Å². The van der Waals surface area contributed by atoms with E-state index in [2.05, 4.69) is 79.1 Å². The van der Waals surface area contributed by atoms with Gasteiger partial charge >= 0.3 is 0 Å². The van der Waals surface area contributed by atoms with E-state index in [-0.39, 0.29) is 0 Å². The van der Waals surface area contributed by atoms with Crippen LogP contribution in [0.4, 0.5) is 0 Å². The molecule has 0 bridgehead atoms. The number of aromatic amines is 2. The van der Waals surface area contributed by atoms with Gasteiger partial charge in [-0.05, 0) is 84.6 Å². The summed E-state index contributed by atoms with van der Waals surface area (Å²) in [7, 11) is 0. The van der Waals surface area contributed by atoms with Crippen molar-refractivity contribution in [2.24, 2.45) is 0 Å². The molecule has 0 saturated carbocycles. The third-order valence-corrected chi connectivity index (χ3v) is 7.39. The van der Waals surface area contributed by atoms with Crippen molar-refractivity contribution in [3.63, 3.8) is 0 Å². The second-order valence-corrected chi connectivity index (χ2v) is 9.64. The van der Waals surface area contributed by atoms with Gasteiger partial charge in [0, 0.05) is 11.1 Å². The zero-order valence-electron chi connectivity index (χ0n) is 19.1. The van der Waals surface area contributed by atoms with E-state index in [1.165, 1.54) is 45.5 Å². The quantitative estimate of drug-likeness (QED) is 0.269. The number of nitrogens with one attached hydrogen (secondary N) is 4. The molecule has 2 aliphatic rings. The van der Waals surface area contributed by atoms with Crippen LogP contribution in [0.3, 0.4) is 0 Å². The minimum atomic E-state index is 0.354. The number of H-pyrrole nitrogens is 2. The molecule has 2 saturated heterocycles. The fourth-order valence-electron chi connectivity index (χ4n) is 5.49. The lowest BCUT2D eigenvalue weighted by molar-refractivity contribution is 0.613. The molecule has 6 nitrogen and oxygen atoms in total. The molecule has 0 aliphatic carbocycles. The Kier molecular flexibility index (Phi) is 4.74. The van der Waals surface area contributed by atoms with Gasteiger partial charge in [0.05, 0.1) is 35.9 Å². The Morgan fingerprint density at radius 3 is 1.53 bits per heavy atom. The van der Waals surface area contributed by atoms with Gasteiger partial charge in [-0.3, -0.25) is 0 Å². The largest absolute Gasteiger partial charge is 0.341 e. The van der Waals surface area contributed by atoms with Crippen LogP contribution in [0.25, 0.3) is 44.1 Å². The number of hydrogen-bond donors (Lipinski definition) is 4. The van der Waals surface area contributed by atoms with Gasteiger partial charge in [0.15, 0.2) is 0 Å². The van der Waals surface area contributed by atoms with Crippen molar-refractivity contribution in [3.05, 3.63) is 72.6 Å². The summed E-state index contributed by atoms with van der Waals surface area (Å²) in [5.41, 5.74) is 4.50. The zero-order chi connectivity index (χ0) is 22.5. The monoisotopic (exact) mass is 448 g/mol. The molecule has 2 atom stereocenters. The van der Waals surface area contributed by atoms with E-state index in [4.69, 9.17) is 0 Å². The molecular weight excluding hydrogens is 420 g/mol. The van der Waals surface area contributed by atoms with Crippen molar-refractivity contribution >= 4 is 21.5 Å². The normalized spacial score (nSPS) is 20.6. The second-order valence-electron chi connectivity index (χ2n) is 9.64. The van der Waals surface area contributed by atoms with Gasteiger partial charge in [0.2, 0.25) is 0 Å². The molecular formula is C28H28N6. The van der Waals surface area contributed by atoms with Gasteiger partial charge in [-0.1, -0.05) is 24.3 Å². The van der Waals surface area contributed by atoms with Gasteiger partial charge in [0.25, 0.3) is 0 Å². The van der Waals surface area contributed by atoms with Crippen molar-refractivity contribution in [3.8, 4) is 22.5 Å². The highest BCUT2D eigenvalue weighted by Gasteiger charge is 2.20. The maximum Gasteiger partial charge on any atom is 0.123 e. The summed E-state index contributed by atoms with van der Waals surface area (Å²) >= 11 is 0. The molecule has 2 aromatic heterocycles. The molecule has 0 radical (unpaired) electrons. The lowest BCUT2D eigenvalue weighted by Crippen LogP contribution is -2.14. The average Bonchev–Trinajstić information content (AvgIpc) is 3.68. The molecule has 4 N–H and O–H groups in total. The van der Waals surface area contributed by atoms with E-state index in [0.717, 1.165) is 49.0 Å². The summed E-state index contributed by atoms with van der Waals surface area (Å²) in [6.45, 7) is 2.15. The Labute approximate surface area is 198 Å². The summed E-state index contributed by atoms with van der Waals surface area (Å²) in [6, 6.07) is 18.6. The number of hydrogen-bond acceptors (Lipinski definition) is 4. The van der Waals surface area contributed by atoms with Crippen molar-refractivity contribution in [2.45, 2.75) is 37.8 Å². The molecule has 0 unspecified atom stereocenters. The number of fused-ring (bicyclic) bond motifs is 2.